The highest BCUT2D eigenvalue weighted by atomic mass is 16.6. The van der Waals surface area contributed by atoms with E-state index in [2.05, 4.69) is 10.6 Å². The van der Waals surface area contributed by atoms with Crippen LogP contribution in [0.1, 0.15) is 20.8 Å². The molecule has 78 valence electrons. The summed E-state index contributed by atoms with van der Waals surface area (Å²) in [5.74, 6) is 0. The van der Waals surface area contributed by atoms with Gasteiger partial charge >= 0.3 is 6.09 Å². The maximum Gasteiger partial charge on any atom is 0.407 e. The average molecular weight is 189 g/mol. The minimum absolute atomic E-state index is 0.397. The lowest BCUT2D eigenvalue weighted by molar-refractivity contribution is 0.0528. The number of carbonyl (C=O) groups excluding carboxylic acids is 1. The van der Waals surface area contributed by atoms with Crippen LogP contribution in [0.2, 0.25) is 0 Å². The molecule has 13 heavy (non-hydrogen) atoms. The minimum Gasteiger partial charge on any atom is -0.444 e. The van der Waals surface area contributed by atoms with Gasteiger partial charge in [0, 0.05) is 19.8 Å². The molecule has 0 aliphatic rings. The van der Waals surface area contributed by atoms with Crippen LogP contribution < -0.4 is 16.4 Å². The lowest BCUT2D eigenvalue weighted by Gasteiger charge is -2.19. The molecule has 5 heteroatoms. The molecule has 0 aliphatic carbocycles. The Hall–Kier alpha value is -0.810. The first kappa shape index (κ1) is 12.2. The van der Waals surface area contributed by atoms with Gasteiger partial charge in [0.05, 0.1) is 0 Å². The Labute approximate surface area is 79.0 Å². The highest BCUT2D eigenvalue weighted by Crippen LogP contribution is 2.05. The van der Waals surface area contributed by atoms with Gasteiger partial charge in [-0.1, -0.05) is 0 Å². The van der Waals surface area contributed by atoms with Crippen molar-refractivity contribution in [2.45, 2.75) is 26.4 Å². The summed E-state index contributed by atoms with van der Waals surface area (Å²) in [6, 6.07) is 0. The van der Waals surface area contributed by atoms with E-state index in [1.165, 1.54) is 0 Å². The molecule has 5 nitrogen and oxygen atoms in total. The Kier molecular flexibility index (Phi) is 5.41. The van der Waals surface area contributed by atoms with Crippen molar-refractivity contribution in [3.8, 4) is 0 Å². The normalized spacial score (nSPS) is 11.1. The summed E-state index contributed by atoms with van der Waals surface area (Å²) in [5.41, 5.74) is 4.75. The second kappa shape index (κ2) is 5.77. The predicted octanol–water partition coefficient (Wildman–Crippen LogP) is 0.0169. The van der Waals surface area contributed by atoms with Gasteiger partial charge < -0.3 is 21.1 Å². The quantitative estimate of drug-likeness (QED) is 0.430. The molecule has 0 aliphatic heterocycles. The van der Waals surface area contributed by atoms with E-state index in [0.717, 1.165) is 0 Å². The van der Waals surface area contributed by atoms with Crippen molar-refractivity contribution in [2.75, 3.05) is 19.8 Å². The molecule has 0 aromatic carbocycles. The number of nitrogens with two attached hydrogens (primary N) is 1. The molecule has 4 N–H and O–H groups in total. The molecule has 0 saturated carbocycles. The number of amides is 1. The number of nitrogens with one attached hydrogen (secondary N) is 2. The summed E-state index contributed by atoms with van der Waals surface area (Å²) in [6.07, 6.45) is -0.397. The summed E-state index contributed by atoms with van der Waals surface area (Å²) in [4.78, 5) is 11.0. The molecule has 0 spiro atoms. The Morgan fingerprint density at radius 2 is 2.00 bits per heavy atom. The van der Waals surface area contributed by atoms with Gasteiger partial charge in [0.25, 0.3) is 0 Å². The molecule has 0 aromatic heterocycles. The lowest BCUT2D eigenvalue weighted by Crippen LogP contribution is -2.37. The van der Waals surface area contributed by atoms with Gasteiger partial charge in [0.1, 0.15) is 5.60 Å². The highest BCUT2D eigenvalue weighted by Gasteiger charge is 2.15. The van der Waals surface area contributed by atoms with E-state index < -0.39 is 11.7 Å². The van der Waals surface area contributed by atoms with Gasteiger partial charge in [-0.3, -0.25) is 0 Å². The van der Waals surface area contributed by atoms with Crippen molar-refractivity contribution in [3.63, 3.8) is 0 Å². The Morgan fingerprint density at radius 1 is 1.38 bits per heavy atom. The van der Waals surface area contributed by atoms with E-state index in [1.807, 2.05) is 20.8 Å². The second-order valence-corrected chi connectivity index (χ2v) is 3.63. The topological polar surface area (TPSA) is 76.4 Å². The van der Waals surface area contributed by atoms with Crippen LogP contribution in [0.5, 0.6) is 0 Å². The third-order valence-corrected chi connectivity index (χ3v) is 1.11. The first-order valence-electron chi connectivity index (χ1n) is 4.33. The van der Waals surface area contributed by atoms with Crippen LogP contribution in [-0.2, 0) is 4.74 Å². The van der Waals surface area contributed by atoms with E-state index in [0.29, 0.717) is 19.8 Å². The van der Waals surface area contributed by atoms with Crippen LogP contribution in [0.25, 0.3) is 0 Å². The van der Waals surface area contributed by atoms with Crippen LogP contribution in [0, 0.1) is 0 Å². The third kappa shape index (κ3) is 9.10. The van der Waals surface area contributed by atoms with Gasteiger partial charge in [-0.15, -0.1) is 0 Å². The summed E-state index contributed by atoms with van der Waals surface area (Å²) in [6.45, 7) is 7.05. The van der Waals surface area contributed by atoms with Crippen molar-refractivity contribution < 1.29 is 9.53 Å². The smallest absolute Gasteiger partial charge is 0.407 e. The van der Waals surface area contributed by atoms with Crippen LogP contribution in [0.15, 0.2) is 0 Å². The van der Waals surface area contributed by atoms with Gasteiger partial charge in [0.15, 0.2) is 0 Å². The Morgan fingerprint density at radius 3 is 2.46 bits per heavy atom. The fourth-order valence-electron chi connectivity index (χ4n) is 0.669. The van der Waals surface area contributed by atoms with Crippen molar-refractivity contribution in [1.29, 1.82) is 0 Å². The molecule has 0 radical (unpaired) electrons. The number of hydrogen-bond donors (Lipinski definition) is 3. The summed E-state index contributed by atoms with van der Waals surface area (Å²) < 4.78 is 5.01. The second-order valence-electron chi connectivity index (χ2n) is 3.63. The van der Waals surface area contributed by atoms with Crippen LogP contribution in [-0.4, -0.2) is 31.5 Å². The van der Waals surface area contributed by atoms with Gasteiger partial charge in [-0.2, -0.15) is 0 Å². The van der Waals surface area contributed by atoms with Crippen molar-refractivity contribution in [3.05, 3.63) is 0 Å². The fraction of sp³-hybridized carbons (Fsp3) is 0.875. The highest BCUT2D eigenvalue weighted by molar-refractivity contribution is 5.67. The monoisotopic (exact) mass is 189 g/mol. The van der Waals surface area contributed by atoms with E-state index >= 15 is 0 Å². The van der Waals surface area contributed by atoms with E-state index in [4.69, 9.17) is 10.5 Å². The molecular formula is C8H19N3O2. The molecule has 0 atom stereocenters. The van der Waals surface area contributed by atoms with E-state index in [9.17, 15) is 4.79 Å². The average Bonchev–Trinajstić information content (AvgIpc) is 1.94. The maximum atomic E-state index is 11.0. The third-order valence-electron chi connectivity index (χ3n) is 1.11. The number of carbonyl (C=O) groups is 1. The molecule has 0 fully saturated rings. The molecule has 1 amide bonds. The van der Waals surface area contributed by atoms with Gasteiger partial charge in [-0.25, -0.2) is 4.79 Å². The molecule has 0 aromatic rings. The minimum atomic E-state index is -0.439. The number of ether oxygens (including phenoxy) is 1. The van der Waals surface area contributed by atoms with Crippen LogP contribution in [0.3, 0.4) is 0 Å². The first-order chi connectivity index (χ1) is 5.95. The molecule has 0 unspecified atom stereocenters. The summed E-state index contributed by atoms with van der Waals surface area (Å²) in [7, 11) is 0. The van der Waals surface area contributed by atoms with Gasteiger partial charge in [-0.05, 0) is 20.8 Å². The summed E-state index contributed by atoms with van der Waals surface area (Å²) >= 11 is 0. The van der Waals surface area contributed by atoms with E-state index in [1.54, 1.807) is 0 Å². The Bertz CT molecular complexity index is 154. The van der Waals surface area contributed by atoms with Crippen molar-refractivity contribution in [2.24, 2.45) is 5.73 Å². The van der Waals surface area contributed by atoms with Gasteiger partial charge in [0.2, 0.25) is 0 Å². The van der Waals surface area contributed by atoms with Crippen molar-refractivity contribution >= 4 is 6.09 Å². The molecule has 0 bridgehead atoms. The molecule has 0 heterocycles. The fourth-order valence-corrected chi connectivity index (χ4v) is 0.669. The molecule has 0 saturated heterocycles. The standard InChI is InChI=1S/C8H19N3O2/c1-8(2,3)13-7(12)11-5-4-10-6-9/h10H,4-6,9H2,1-3H3,(H,11,12). The van der Waals surface area contributed by atoms with Crippen molar-refractivity contribution in [1.82, 2.24) is 10.6 Å². The SMILES string of the molecule is CC(C)(C)OC(=O)NCCNCN. The largest absolute Gasteiger partial charge is 0.444 e. The maximum absolute atomic E-state index is 11.0. The molecular weight excluding hydrogens is 170 g/mol. The van der Waals surface area contributed by atoms with Crippen LogP contribution >= 0.6 is 0 Å². The zero-order valence-corrected chi connectivity index (χ0v) is 8.52. The summed E-state index contributed by atoms with van der Waals surface area (Å²) in [5, 5.41) is 5.47. The zero-order valence-electron chi connectivity index (χ0n) is 8.52. The lowest BCUT2D eigenvalue weighted by atomic mass is 10.2. The zero-order chi connectivity index (χ0) is 10.3. The first-order valence-corrected chi connectivity index (χ1v) is 4.33. The number of hydrogen-bond acceptors (Lipinski definition) is 4. The predicted molar refractivity (Wildman–Crippen MR) is 51.3 cm³/mol. The molecule has 0 rings (SSSR count). The number of rotatable bonds is 4. The number of alkyl carbamates (subject to hydrolysis) is 1. The Balaban J connectivity index is 3.41. The van der Waals surface area contributed by atoms with E-state index in [-0.39, 0.29) is 0 Å². The van der Waals surface area contributed by atoms with Crippen LogP contribution in [0.4, 0.5) is 4.79 Å².